The van der Waals surface area contributed by atoms with Crippen LogP contribution in [0, 0.1) is 6.92 Å². The summed E-state index contributed by atoms with van der Waals surface area (Å²) in [7, 11) is -3.96. The molecule has 1 N–H and O–H groups in total. The van der Waals surface area contributed by atoms with E-state index in [-0.39, 0.29) is 23.4 Å². The maximum Gasteiger partial charge on any atom is 0.264 e. The van der Waals surface area contributed by atoms with Crippen molar-refractivity contribution in [3.05, 3.63) is 95.0 Å². The molecule has 1 atom stereocenters. The van der Waals surface area contributed by atoms with Crippen LogP contribution in [0.5, 0.6) is 0 Å². The van der Waals surface area contributed by atoms with Gasteiger partial charge in [-0.2, -0.15) is 0 Å². The molecule has 0 fully saturated rings. The summed E-state index contributed by atoms with van der Waals surface area (Å²) in [6.45, 7) is 3.41. The van der Waals surface area contributed by atoms with Crippen molar-refractivity contribution in [3.8, 4) is 0 Å². The van der Waals surface area contributed by atoms with Gasteiger partial charge in [0.1, 0.15) is 6.54 Å². The summed E-state index contributed by atoms with van der Waals surface area (Å²) in [6, 6.07) is 23.0. The molecule has 5 nitrogen and oxygen atoms in total. The first kappa shape index (κ1) is 23.8. The lowest BCUT2D eigenvalue weighted by Gasteiger charge is -2.25. The summed E-state index contributed by atoms with van der Waals surface area (Å²) in [5.41, 5.74) is 2.36. The number of nitrogens with one attached hydrogen (secondary N) is 1. The molecule has 0 aliphatic carbocycles. The van der Waals surface area contributed by atoms with Crippen molar-refractivity contribution in [1.82, 2.24) is 5.32 Å². The quantitative estimate of drug-likeness (QED) is 0.479. The van der Waals surface area contributed by atoms with E-state index >= 15 is 0 Å². The molecule has 0 unspecified atom stereocenters. The van der Waals surface area contributed by atoms with Crippen LogP contribution < -0.4 is 9.62 Å². The maximum atomic E-state index is 13.4. The first-order valence-electron chi connectivity index (χ1n) is 10.4. The lowest BCUT2D eigenvalue weighted by Crippen LogP contribution is -2.43. The van der Waals surface area contributed by atoms with Crippen LogP contribution in [0.15, 0.2) is 83.8 Å². The highest BCUT2D eigenvalue weighted by molar-refractivity contribution is 7.92. The zero-order chi connectivity index (χ0) is 23.1. The highest BCUT2D eigenvalue weighted by Gasteiger charge is 2.27. The maximum absolute atomic E-state index is 13.4. The summed E-state index contributed by atoms with van der Waals surface area (Å²) in [5.74, 6) is -0.373. The fourth-order valence-corrected chi connectivity index (χ4v) is 4.93. The molecule has 0 radical (unpaired) electrons. The number of hydrogen-bond acceptors (Lipinski definition) is 3. The number of hydrogen-bond donors (Lipinski definition) is 1. The van der Waals surface area contributed by atoms with Crippen molar-refractivity contribution in [2.45, 2.75) is 37.6 Å². The lowest BCUT2D eigenvalue weighted by molar-refractivity contribution is -0.120. The third-order valence-electron chi connectivity index (χ3n) is 5.18. The second-order valence-electron chi connectivity index (χ2n) is 7.75. The molecule has 0 heterocycles. The molecule has 3 aromatic rings. The molecule has 0 saturated heterocycles. The van der Waals surface area contributed by atoms with Crippen LogP contribution in [0.25, 0.3) is 0 Å². The average molecular weight is 471 g/mol. The van der Waals surface area contributed by atoms with Crippen LogP contribution in [0.4, 0.5) is 5.69 Å². The van der Waals surface area contributed by atoms with Crippen LogP contribution >= 0.6 is 11.6 Å². The summed E-state index contributed by atoms with van der Waals surface area (Å²) in [5, 5.41) is 3.36. The van der Waals surface area contributed by atoms with Gasteiger partial charge in [0.2, 0.25) is 5.91 Å². The summed E-state index contributed by atoms with van der Waals surface area (Å²) >= 11 is 6.25. The number of rotatable bonds is 9. The van der Waals surface area contributed by atoms with E-state index in [1.54, 1.807) is 36.4 Å². The Hall–Kier alpha value is -2.83. The first-order chi connectivity index (χ1) is 15.3. The molecule has 0 aliphatic heterocycles. The highest BCUT2D eigenvalue weighted by Crippen LogP contribution is 2.28. The Bertz CT molecular complexity index is 1150. The normalized spacial score (nSPS) is 12.2. The van der Waals surface area contributed by atoms with Crippen molar-refractivity contribution in [1.29, 1.82) is 0 Å². The van der Waals surface area contributed by atoms with E-state index in [0.29, 0.717) is 10.7 Å². The van der Waals surface area contributed by atoms with Crippen molar-refractivity contribution in [3.63, 3.8) is 0 Å². The molecule has 0 spiro atoms. The van der Waals surface area contributed by atoms with Crippen LogP contribution in [0.3, 0.4) is 0 Å². The van der Waals surface area contributed by atoms with Gasteiger partial charge in [0.15, 0.2) is 0 Å². The van der Waals surface area contributed by atoms with E-state index < -0.39 is 10.0 Å². The van der Waals surface area contributed by atoms with Crippen molar-refractivity contribution in [2.75, 3.05) is 10.8 Å². The fraction of sp³-hybridized carbons (Fsp3) is 0.240. The largest absolute Gasteiger partial charge is 0.352 e. The summed E-state index contributed by atoms with van der Waals surface area (Å²) in [4.78, 5) is 12.9. The Kier molecular flexibility index (Phi) is 7.94. The Morgan fingerprint density at radius 2 is 1.62 bits per heavy atom. The van der Waals surface area contributed by atoms with E-state index in [4.69, 9.17) is 11.6 Å². The molecule has 0 saturated carbocycles. The Morgan fingerprint density at radius 3 is 2.25 bits per heavy atom. The van der Waals surface area contributed by atoms with Crippen LogP contribution in [-0.4, -0.2) is 26.9 Å². The van der Waals surface area contributed by atoms with Crippen molar-refractivity contribution >= 4 is 33.2 Å². The van der Waals surface area contributed by atoms with Crippen molar-refractivity contribution in [2.24, 2.45) is 0 Å². The molecule has 0 aromatic heterocycles. The number of carbonyl (C=O) groups excluding carboxylic acids is 1. The predicted molar refractivity (Wildman–Crippen MR) is 130 cm³/mol. The molecule has 0 aliphatic rings. The first-order valence-corrected chi connectivity index (χ1v) is 12.3. The zero-order valence-corrected chi connectivity index (χ0v) is 19.7. The number of nitrogens with zero attached hydrogens (tertiary/aromatic N) is 1. The number of aryl methyl sites for hydroxylation is 2. The Labute approximate surface area is 195 Å². The van der Waals surface area contributed by atoms with E-state index in [1.807, 2.05) is 44.2 Å². The third-order valence-corrected chi connectivity index (χ3v) is 7.37. The molecule has 3 aromatic carbocycles. The molecule has 0 bridgehead atoms. The second kappa shape index (κ2) is 10.7. The summed E-state index contributed by atoms with van der Waals surface area (Å²) in [6.07, 6.45) is 1.57. The molecule has 1 amide bonds. The number of sulfonamides is 1. The fourth-order valence-electron chi connectivity index (χ4n) is 3.32. The molecule has 3 rings (SSSR count). The molecule has 7 heteroatoms. The van der Waals surface area contributed by atoms with Crippen LogP contribution in [-0.2, 0) is 21.2 Å². The number of benzene rings is 3. The summed E-state index contributed by atoms with van der Waals surface area (Å²) < 4.78 is 27.8. The molecule has 32 heavy (non-hydrogen) atoms. The minimum atomic E-state index is -3.96. The van der Waals surface area contributed by atoms with Gasteiger partial charge in [-0.3, -0.25) is 9.10 Å². The third kappa shape index (κ3) is 6.11. The van der Waals surface area contributed by atoms with Gasteiger partial charge in [-0.05, 0) is 62.1 Å². The zero-order valence-electron chi connectivity index (χ0n) is 18.2. The topological polar surface area (TPSA) is 66.5 Å². The van der Waals surface area contributed by atoms with E-state index in [1.165, 1.54) is 17.7 Å². The standard InChI is InChI=1S/C25H27ClN2O3S/c1-19-13-16-22(17-24(19)26)28(32(30,31)23-11-7-4-8-12-23)18-25(29)27-20(2)14-15-21-9-5-3-6-10-21/h3-13,16-17,20H,14-15,18H2,1-2H3,(H,27,29)/t20-/m1/s1. The number of anilines is 1. The van der Waals surface area contributed by atoms with Gasteiger partial charge in [-0.15, -0.1) is 0 Å². The van der Waals surface area contributed by atoms with Gasteiger partial charge in [-0.25, -0.2) is 8.42 Å². The van der Waals surface area contributed by atoms with Gasteiger partial charge in [-0.1, -0.05) is 66.2 Å². The monoisotopic (exact) mass is 470 g/mol. The second-order valence-corrected chi connectivity index (χ2v) is 10.0. The van der Waals surface area contributed by atoms with Gasteiger partial charge < -0.3 is 5.32 Å². The number of halogens is 1. The van der Waals surface area contributed by atoms with Crippen LogP contribution in [0.1, 0.15) is 24.5 Å². The smallest absolute Gasteiger partial charge is 0.264 e. The minimum absolute atomic E-state index is 0.106. The minimum Gasteiger partial charge on any atom is -0.352 e. The average Bonchev–Trinajstić information content (AvgIpc) is 2.79. The number of amides is 1. The Balaban J connectivity index is 1.77. The van der Waals surface area contributed by atoms with Crippen molar-refractivity contribution < 1.29 is 13.2 Å². The van der Waals surface area contributed by atoms with Gasteiger partial charge in [0.05, 0.1) is 10.6 Å². The molecule has 168 valence electrons. The molecular weight excluding hydrogens is 444 g/mol. The SMILES string of the molecule is Cc1ccc(N(CC(=O)N[C@H](C)CCc2ccccc2)S(=O)(=O)c2ccccc2)cc1Cl. The van der Waals surface area contributed by atoms with Gasteiger partial charge in [0, 0.05) is 11.1 Å². The van der Waals surface area contributed by atoms with E-state index in [2.05, 4.69) is 5.32 Å². The molecular formula is C25H27ClN2O3S. The van der Waals surface area contributed by atoms with Crippen LogP contribution in [0.2, 0.25) is 5.02 Å². The predicted octanol–water partition coefficient (Wildman–Crippen LogP) is 4.98. The highest BCUT2D eigenvalue weighted by atomic mass is 35.5. The van der Waals surface area contributed by atoms with Gasteiger partial charge >= 0.3 is 0 Å². The number of carbonyl (C=O) groups is 1. The lowest BCUT2D eigenvalue weighted by atomic mass is 10.1. The Morgan fingerprint density at radius 1 is 1.00 bits per heavy atom. The van der Waals surface area contributed by atoms with E-state index in [9.17, 15) is 13.2 Å². The van der Waals surface area contributed by atoms with E-state index in [0.717, 1.165) is 22.7 Å². The van der Waals surface area contributed by atoms with Gasteiger partial charge in [0.25, 0.3) is 10.0 Å².